The third-order valence-electron chi connectivity index (χ3n) is 2.94. The second kappa shape index (κ2) is 5.83. The summed E-state index contributed by atoms with van der Waals surface area (Å²) in [5.74, 6) is 0. The van der Waals surface area contributed by atoms with E-state index in [0.717, 1.165) is 39.0 Å². The van der Waals surface area contributed by atoms with Gasteiger partial charge in [0.15, 0.2) is 0 Å². The van der Waals surface area contributed by atoms with E-state index in [1.807, 2.05) is 6.92 Å². The molecule has 1 saturated heterocycles. The molecule has 0 aromatic carbocycles. The molecule has 3 nitrogen and oxygen atoms in total. The monoisotopic (exact) mass is 215 g/mol. The fourth-order valence-electron chi connectivity index (χ4n) is 2.19. The molecular weight excluding hydrogens is 190 g/mol. The van der Waals surface area contributed by atoms with Crippen LogP contribution in [0.2, 0.25) is 0 Å². The molecule has 0 aromatic rings. The zero-order chi connectivity index (χ0) is 11.3. The Morgan fingerprint density at radius 3 is 2.53 bits per heavy atom. The van der Waals surface area contributed by atoms with Gasteiger partial charge in [-0.2, -0.15) is 0 Å². The fourth-order valence-corrected chi connectivity index (χ4v) is 2.19. The largest absolute Gasteiger partial charge is 0.393 e. The Morgan fingerprint density at radius 1 is 1.40 bits per heavy atom. The van der Waals surface area contributed by atoms with Crippen molar-refractivity contribution in [2.45, 2.75) is 52.2 Å². The summed E-state index contributed by atoms with van der Waals surface area (Å²) < 4.78 is 5.32. The van der Waals surface area contributed by atoms with Gasteiger partial charge in [0.25, 0.3) is 0 Å². The molecule has 0 bridgehead atoms. The highest BCUT2D eigenvalue weighted by Crippen LogP contribution is 2.22. The number of ether oxygens (including phenoxy) is 1. The number of nitrogens with one attached hydrogen (secondary N) is 1. The van der Waals surface area contributed by atoms with E-state index in [2.05, 4.69) is 19.2 Å². The fraction of sp³-hybridized carbons (Fsp3) is 1.00. The number of hydrogen-bond donors (Lipinski definition) is 2. The summed E-state index contributed by atoms with van der Waals surface area (Å²) in [5, 5.41) is 13.0. The van der Waals surface area contributed by atoms with Crippen LogP contribution in [0.1, 0.15) is 40.0 Å². The standard InChI is InChI=1S/C12H25NO2/c1-10(14)8-12(2,3)9-13-11-4-6-15-7-5-11/h10-11,13-14H,4-9H2,1-3H3. The van der Waals surface area contributed by atoms with Gasteiger partial charge < -0.3 is 15.2 Å². The topological polar surface area (TPSA) is 41.5 Å². The Labute approximate surface area is 93.2 Å². The van der Waals surface area contributed by atoms with Crippen LogP contribution in [0.5, 0.6) is 0 Å². The molecule has 2 N–H and O–H groups in total. The average molecular weight is 215 g/mol. The quantitative estimate of drug-likeness (QED) is 0.731. The molecule has 15 heavy (non-hydrogen) atoms. The van der Waals surface area contributed by atoms with Crippen molar-refractivity contribution in [3.05, 3.63) is 0 Å². The summed E-state index contributed by atoms with van der Waals surface area (Å²) in [6.07, 6.45) is 2.87. The molecule has 1 aliphatic rings. The Morgan fingerprint density at radius 2 is 2.00 bits per heavy atom. The lowest BCUT2D eigenvalue weighted by Crippen LogP contribution is -2.41. The minimum Gasteiger partial charge on any atom is -0.393 e. The van der Waals surface area contributed by atoms with E-state index < -0.39 is 0 Å². The highest BCUT2D eigenvalue weighted by Gasteiger charge is 2.22. The molecule has 1 atom stereocenters. The van der Waals surface area contributed by atoms with Crippen molar-refractivity contribution >= 4 is 0 Å². The second-order valence-corrected chi connectivity index (χ2v) is 5.48. The van der Waals surface area contributed by atoms with E-state index in [-0.39, 0.29) is 11.5 Å². The van der Waals surface area contributed by atoms with Crippen molar-refractivity contribution in [2.24, 2.45) is 5.41 Å². The normalized spacial score (nSPS) is 21.6. The highest BCUT2D eigenvalue weighted by atomic mass is 16.5. The van der Waals surface area contributed by atoms with Crippen molar-refractivity contribution in [1.82, 2.24) is 5.32 Å². The molecule has 1 unspecified atom stereocenters. The maximum atomic E-state index is 9.38. The molecule has 1 rings (SSSR count). The van der Waals surface area contributed by atoms with Gasteiger partial charge >= 0.3 is 0 Å². The maximum Gasteiger partial charge on any atom is 0.0517 e. The van der Waals surface area contributed by atoms with E-state index in [0.29, 0.717) is 6.04 Å². The first-order valence-electron chi connectivity index (χ1n) is 5.99. The van der Waals surface area contributed by atoms with Crippen molar-refractivity contribution in [3.63, 3.8) is 0 Å². The smallest absolute Gasteiger partial charge is 0.0517 e. The van der Waals surface area contributed by atoms with Gasteiger partial charge in [-0.1, -0.05) is 13.8 Å². The summed E-state index contributed by atoms with van der Waals surface area (Å²) in [5.41, 5.74) is 0.173. The molecule has 0 spiro atoms. The Kier molecular flexibility index (Phi) is 5.03. The third kappa shape index (κ3) is 5.50. The molecular formula is C12H25NO2. The van der Waals surface area contributed by atoms with E-state index >= 15 is 0 Å². The summed E-state index contributed by atoms with van der Waals surface area (Å²) in [7, 11) is 0. The predicted octanol–water partition coefficient (Wildman–Crippen LogP) is 1.55. The first kappa shape index (κ1) is 12.9. The Hall–Kier alpha value is -0.120. The summed E-state index contributed by atoms with van der Waals surface area (Å²) >= 11 is 0. The molecule has 0 aliphatic carbocycles. The van der Waals surface area contributed by atoms with Gasteiger partial charge in [-0.05, 0) is 31.6 Å². The second-order valence-electron chi connectivity index (χ2n) is 5.48. The molecule has 0 aromatic heterocycles. The van der Waals surface area contributed by atoms with Crippen LogP contribution in [0.3, 0.4) is 0 Å². The summed E-state index contributed by atoms with van der Waals surface area (Å²) in [6.45, 7) is 9.00. The number of rotatable bonds is 5. The van der Waals surface area contributed by atoms with Crippen LogP contribution < -0.4 is 5.32 Å². The van der Waals surface area contributed by atoms with Crippen LogP contribution in [-0.2, 0) is 4.74 Å². The predicted molar refractivity (Wildman–Crippen MR) is 61.9 cm³/mol. The lowest BCUT2D eigenvalue weighted by molar-refractivity contribution is 0.0713. The number of aliphatic hydroxyl groups excluding tert-OH is 1. The van der Waals surface area contributed by atoms with Gasteiger partial charge in [0, 0.05) is 25.8 Å². The van der Waals surface area contributed by atoms with Crippen molar-refractivity contribution in [2.75, 3.05) is 19.8 Å². The van der Waals surface area contributed by atoms with Crippen LogP contribution in [0, 0.1) is 5.41 Å². The SMILES string of the molecule is CC(O)CC(C)(C)CNC1CCOCC1. The van der Waals surface area contributed by atoms with Gasteiger partial charge in [-0.25, -0.2) is 0 Å². The van der Waals surface area contributed by atoms with E-state index in [4.69, 9.17) is 4.74 Å². The Balaban J connectivity index is 2.21. The maximum absolute atomic E-state index is 9.38. The molecule has 90 valence electrons. The van der Waals surface area contributed by atoms with Crippen LogP contribution in [0.25, 0.3) is 0 Å². The van der Waals surface area contributed by atoms with Crippen molar-refractivity contribution in [1.29, 1.82) is 0 Å². The van der Waals surface area contributed by atoms with Gasteiger partial charge in [-0.3, -0.25) is 0 Å². The molecule has 0 amide bonds. The van der Waals surface area contributed by atoms with Crippen LogP contribution in [0.4, 0.5) is 0 Å². The summed E-state index contributed by atoms with van der Waals surface area (Å²) in [4.78, 5) is 0. The lowest BCUT2D eigenvalue weighted by Gasteiger charge is -2.31. The van der Waals surface area contributed by atoms with Gasteiger partial charge in [0.05, 0.1) is 6.10 Å². The molecule has 1 aliphatic heterocycles. The first-order valence-corrected chi connectivity index (χ1v) is 5.99. The van der Waals surface area contributed by atoms with Crippen LogP contribution in [-0.4, -0.2) is 37.0 Å². The molecule has 0 radical (unpaired) electrons. The average Bonchev–Trinajstić information content (AvgIpc) is 2.15. The lowest BCUT2D eigenvalue weighted by atomic mass is 9.86. The number of aliphatic hydroxyl groups is 1. The third-order valence-corrected chi connectivity index (χ3v) is 2.94. The minimum absolute atomic E-state index is 0.173. The zero-order valence-electron chi connectivity index (χ0n) is 10.3. The highest BCUT2D eigenvalue weighted by molar-refractivity contribution is 4.78. The first-order chi connectivity index (χ1) is 6.99. The van der Waals surface area contributed by atoms with E-state index in [1.54, 1.807) is 0 Å². The van der Waals surface area contributed by atoms with Gasteiger partial charge in [0.2, 0.25) is 0 Å². The van der Waals surface area contributed by atoms with Crippen LogP contribution >= 0.6 is 0 Å². The Bertz CT molecular complexity index is 174. The van der Waals surface area contributed by atoms with Crippen molar-refractivity contribution < 1.29 is 9.84 Å². The van der Waals surface area contributed by atoms with Gasteiger partial charge in [0.1, 0.15) is 0 Å². The minimum atomic E-state index is -0.212. The molecule has 1 heterocycles. The van der Waals surface area contributed by atoms with Crippen molar-refractivity contribution in [3.8, 4) is 0 Å². The molecule has 0 saturated carbocycles. The van der Waals surface area contributed by atoms with E-state index in [9.17, 15) is 5.11 Å². The van der Waals surface area contributed by atoms with E-state index in [1.165, 1.54) is 0 Å². The van der Waals surface area contributed by atoms with Gasteiger partial charge in [-0.15, -0.1) is 0 Å². The van der Waals surface area contributed by atoms with Crippen LogP contribution in [0.15, 0.2) is 0 Å². The molecule has 3 heteroatoms. The number of hydrogen-bond acceptors (Lipinski definition) is 3. The zero-order valence-corrected chi connectivity index (χ0v) is 10.3. The molecule has 1 fully saturated rings. The summed E-state index contributed by atoms with van der Waals surface area (Å²) in [6, 6.07) is 0.604.